The molecule has 48 heavy (non-hydrogen) atoms. The molecule has 4 aromatic heterocycles. The Morgan fingerprint density at radius 2 is 1.40 bits per heavy atom. The lowest BCUT2D eigenvalue weighted by molar-refractivity contribution is 0.632. The molecule has 0 bridgehead atoms. The first-order valence-electron chi connectivity index (χ1n) is 16.8. The van der Waals surface area contributed by atoms with Gasteiger partial charge >= 0.3 is 6.85 Å². The molecule has 3 nitrogen and oxygen atoms in total. The molecule has 6 heterocycles. The number of thiophene rings is 1. The van der Waals surface area contributed by atoms with Gasteiger partial charge in [0.1, 0.15) is 11.2 Å². The molecular formula is C43H25BN2OS. The van der Waals surface area contributed by atoms with E-state index in [0.717, 1.165) is 11.2 Å². The predicted molar refractivity (Wildman–Crippen MR) is 202 cm³/mol. The lowest BCUT2D eigenvalue weighted by atomic mass is 9.45. The number of rotatable bonds is 0. The fourth-order valence-electron chi connectivity index (χ4n) is 10.1. The number of furan rings is 1. The molecule has 0 amide bonds. The predicted octanol–water partition coefficient (Wildman–Crippen LogP) is 10.1. The average Bonchev–Trinajstić information content (AvgIpc) is 3.90. The molecule has 0 atom stereocenters. The summed E-state index contributed by atoms with van der Waals surface area (Å²) in [5.74, 6) is 0. The molecule has 10 aromatic rings. The minimum Gasteiger partial charge on any atom is -0.455 e. The summed E-state index contributed by atoms with van der Waals surface area (Å²) in [5.41, 5.74) is 17.8. The zero-order valence-electron chi connectivity index (χ0n) is 26.3. The quantitative estimate of drug-likeness (QED) is 0.153. The van der Waals surface area contributed by atoms with E-state index in [1.165, 1.54) is 103 Å². The Bertz CT molecular complexity index is 3170. The van der Waals surface area contributed by atoms with E-state index in [1.54, 1.807) is 0 Å². The second-order valence-electron chi connectivity index (χ2n) is 14.4. The van der Waals surface area contributed by atoms with Crippen molar-refractivity contribution in [2.45, 2.75) is 19.3 Å². The number of hydrogen-bond donors (Lipinski definition) is 0. The first-order chi connectivity index (χ1) is 23.6. The maximum atomic E-state index is 6.91. The van der Waals surface area contributed by atoms with Gasteiger partial charge in [0.15, 0.2) is 0 Å². The number of benzene rings is 6. The van der Waals surface area contributed by atoms with Gasteiger partial charge in [-0.2, -0.15) is 0 Å². The number of aromatic nitrogens is 2. The molecule has 0 radical (unpaired) electrons. The molecule has 0 spiro atoms. The van der Waals surface area contributed by atoms with Crippen LogP contribution in [-0.2, 0) is 5.41 Å². The minimum atomic E-state index is -0.159. The maximum absolute atomic E-state index is 6.91. The summed E-state index contributed by atoms with van der Waals surface area (Å²) in [4.78, 5) is 0. The molecule has 0 unspecified atom stereocenters. The SMILES string of the molecule is CC1(C)c2ccccc2-c2c1n1c3c(cccc23)-c2c3c(cc4c2oc2ccccc24)-n2c4c(cccc4c4sc5ccccc5c42)B31. The fourth-order valence-corrected chi connectivity index (χ4v) is 11.3. The van der Waals surface area contributed by atoms with Crippen molar-refractivity contribution in [1.29, 1.82) is 0 Å². The first kappa shape index (κ1) is 24.6. The third kappa shape index (κ3) is 2.48. The Kier molecular flexibility index (Phi) is 3.99. The van der Waals surface area contributed by atoms with Crippen molar-refractivity contribution in [2.24, 2.45) is 0 Å². The molecule has 0 N–H and O–H groups in total. The van der Waals surface area contributed by atoms with Gasteiger partial charge in [0.2, 0.25) is 0 Å². The van der Waals surface area contributed by atoms with Gasteiger partial charge in [-0.05, 0) is 40.3 Å². The van der Waals surface area contributed by atoms with Crippen LogP contribution in [0.2, 0.25) is 0 Å². The number of fused-ring (bicyclic) bond motifs is 18. The summed E-state index contributed by atoms with van der Waals surface area (Å²) in [7, 11) is 0. The molecule has 2 aliphatic heterocycles. The van der Waals surface area contributed by atoms with Crippen molar-refractivity contribution in [3.05, 3.63) is 127 Å². The first-order valence-corrected chi connectivity index (χ1v) is 17.6. The average molecular weight is 629 g/mol. The van der Waals surface area contributed by atoms with Crippen LogP contribution in [0.4, 0.5) is 0 Å². The molecule has 13 rings (SSSR count). The van der Waals surface area contributed by atoms with E-state index >= 15 is 0 Å². The molecule has 0 saturated heterocycles. The molecule has 6 aromatic carbocycles. The van der Waals surface area contributed by atoms with Crippen LogP contribution in [0.3, 0.4) is 0 Å². The van der Waals surface area contributed by atoms with Gasteiger partial charge in [0, 0.05) is 70.6 Å². The van der Waals surface area contributed by atoms with Crippen LogP contribution in [-0.4, -0.2) is 15.9 Å². The monoisotopic (exact) mass is 628 g/mol. The Morgan fingerprint density at radius 3 is 2.33 bits per heavy atom. The van der Waals surface area contributed by atoms with Gasteiger partial charge in [-0.25, -0.2) is 0 Å². The van der Waals surface area contributed by atoms with E-state index in [0.29, 0.717) is 0 Å². The van der Waals surface area contributed by atoms with Crippen LogP contribution in [0.15, 0.2) is 120 Å². The molecule has 1 aliphatic carbocycles. The summed E-state index contributed by atoms with van der Waals surface area (Å²) in [6.45, 7) is 4.86. The third-order valence-corrected chi connectivity index (χ3v) is 13.0. The second kappa shape index (κ2) is 7.78. The van der Waals surface area contributed by atoms with Gasteiger partial charge in [-0.3, -0.25) is 0 Å². The summed E-state index contributed by atoms with van der Waals surface area (Å²) in [5, 5.41) is 6.35. The normalized spacial score (nSPS) is 15.0. The highest BCUT2D eigenvalue weighted by atomic mass is 32.1. The highest BCUT2D eigenvalue weighted by Gasteiger charge is 2.49. The summed E-state index contributed by atoms with van der Waals surface area (Å²) >= 11 is 1.92. The Hall–Kier alpha value is -5.52. The van der Waals surface area contributed by atoms with Crippen molar-refractivity contribution >= 4 is 93.2 Å². The molecule has 0 fully saturated rings. The lowest BCUT2D eigenvalue weighted by Gasteiger charge is -2.36. The summed E-state index contributed by atoms with van der Waals surface area (Å²) in [6.07, 6.45) is 0. The standard InChI is InChI=1S/C43H25BN2OS/c1-43(2)29-17-6-3-12-23(29)34-25-14-9-15-26-35-36-31(21-28-22-11-4-7-19-32(22)47-40(28)35)45-38-27(41-39(45)24-13-5-8-20-33(24)48-41)16-10-18-30(38)44(36)46(37(25)26)42(34)43/h3-21H,1-2H3. The fraction of sp³-hybridized carbons (Fsp3) is 0.0698. The van der Waals surface area contributed by atoms with Crippen molar-refractivity contribution < 1.29 is 4.42 Å². The lowest BCUT2D eigenvalue weighted by Crippen LogP contribution is -2.56. The van der Waals surface area contributed by atoms with Gasteiger partial charge in [0.25, 0.3) is 0 Å². The minimum absolute atomic E-state index is 0.00817. The van der Waals surface area contributed by atoms with E-state index in [9.17, 15) is 0 Å². The third-order valence-electron chi connectivity index (χ3n) is 11.8. The molecule has 0 saturated carbocycles. The van der Waals surface area contributed by atoms with E-state index < -0.39 is 0 Å². The van der Waals surface area contributed by atoms with Crippen molar-refractivity contribution in [1.82, 2.24) is 9.05 Å². The van der Waals surface area contributed by atoms with Gasteiger partial charge < -0.3 is 13.5 Å². The van der Waals surface area contributed by atoms with Gasteiger partial charge in [-0.15, -0.1) is 11.3 Å². The summed E-state index contributed by atoms with van der Waals surface area (Å²) in [6, 6.07) is 43.0. The van der Waals surface area contributed by atoms with Crippen LogP contribution in [0.5, 0.6) is 0 Å². The number of hydrogen-bond acceptors (Lipinski definition) is 2. The van der Waals surface area contributed by atoms with Crippen LogP contribution in [0.1, 0.15) is 25.1 Å². The molecular weight excluding hydrogens is 603 g/mol. The zero-order chi connectivity index (χ0) is 31.2. The zero-order valence-corrected chi connectivity index (χ0v) is 27.1. The molecule has 5 heteroatoms. The van der Waals surface area contributed by atoms with Gasteiger partial charge in [0.05, 0.1) is 15.7 Å². The highest BCUT2D eigenvalue weighted by Crippen LogP contribution is 2.56. The smallest absolute Gasteiger partial charge is 0.333 e. The van der Waals surface area contributed by atoms with E-state index in [2.05, 4.69) is 138 Å². The van der Waals surface area contributed by atoms with Crippen LogP contribution < -0.4 is 10.9 Å². The van der Waals surface area contributed by atoms with Crippen molar-refractivity contribution in [3.8, 4) is 27.9 Å². The van der Waals surface area contributed by atoms with Crippen LogP contribution in [0, 0.1) is 0 Å². The van der Waals surface area contributed by atoms with Crippen LogP contribution >= 0.6 is 11.3 Å². The topological polar surface area (TPSA) is 23.0 Å². The molecule has 3 aliphatic rings. The van der Waals surface area contributed by atoms with E-state index in [4.69, 9.17) is 4.42 Å². The maximum Gasteiger partial charge on any atom is 0.333 e. The number of para-hydroxylation sites is 3. The van der Waals surface area contributed by atoms with Crippen molar-refractivity contribution in [2.75, 3.05) is 0 Å². The largest absolute Gasteiger partial charge is 0.455 e. The Labute approximate surface area is 279 Å². The number of nitrogens with zero attached hydrogens (tertiary/aromatic N) is 2. The van der Waals surface area contributed by atoms with Crippen molar-refractivity contribution in [3.63, 3.8) is 0 Å². The van der Waals surface area contributed by atoms with E-state index in [-0.39, 0.29) is 12.3 Å². The van der Waals surface area contributed by atoms with Gasteiger partial charge in [-0.1, -0.05) is 111 Å². The van der Waals surface area contributed by atoms with Crippen LogP contribution in [0.25, 0.3) is 92.0 Å². The highest BCUT2D eigenvalue weighted by molar-refractivity contribution is 7.26. The molecule has 222 valence electrons. The summed E-state index contributed by atoms with van der Waals surface area (Å²) < 4.78 is 15.0. The second-order valence-corrected chi connectivity index (χ2v) is 15.4. The Balaban J connectivity index is 1.33. The Morgan fingerprint density at radius 1 is 0.646 bits per heavy atom. The van der Waals surface area contributed by atoms with E-state index in [1.807, 2.05) is 11.3 Å².